The molecule has 0 bridgehead atoms. The second kappa shape index (κ2) is 5.54. The fraction of sp³-hybridized carbons (Fsp3) is 0.267. The van der Waals surface area contributed by atoms with E-state index in [9.17, 15) is 0 Å². The molecule has 0 aliphatic heterocycles. The van der Waals surface area contributed by atoms with Crippen LogP contribution in [-0.2, 0) is 13.0 Å². The lowest BCUT2D eigenvalue weighted by atomic mass is 10.1. The summed E-state index contributed by atoms with van der Waals surface area (Å²) in [6.07, 6.45) is 2.86. The highest BCUT2D eigenvalue weighted by Crippen LogP contribution is 2.20. The normalized spacial score (nSPS) is 10.3. The number of H-pyrrole nitrogens is 1. The minimum absolute atomic E-state index is 0.809. The third-order valence-electron chi connectivity index (χ3n) is 3.03. The van der Waals surface area contributed by atoms with Gasteiger partial charge in [0.25, 0.3) is 0 Å². The monoisotopic (exact) mass is 241 g/mol. The van der Waals surface area contributed by atoms with E-state index in [4.69, 9.17) is 0 Å². The van der Waals surface area contributed by atoms with E-state index in [1.165, 1.54) is 11.1 Å². The van der Waals surface area contributed by atoms with Crippen molar-refractivity contribution < 1.29 is 0 Å². The van der Waals surface area contributed by atoms with Crippen LogP contribution >= 0.6 is 0 Å². The third-order valence-corrected chi connectivity index (χ3v) is 3.03. The first-order valence-corrected chi connectivity index (χ1v) is 6.22. The largest absolute Gasteiger partial charge is 0.378 e. The van der Waals surface area contributed by atoms with Crippen molar-refractivity contribution >= 4 is 11.3 Å². The van der Waals surface area contributed by atoms with Gasteiger partial charge < -0.3 is 5.32 Å². The summed E-state index contributed by atoms with van der Waals surface area (Å²) in [7, 11) is 0. The number of hydrogen-bond acceptors (Lipinski definition) is 2. The fourth-order valence-corrected chi connectivity index (χ4v) is 2.01. The molecule has 18 heavy (non-hydrogen) atoms. The van der Waals surface area contributed by atoms with E-state index >= 15 is 0 Å². The zero-order valence-electron chi connectivity index (χ0n) is 11.0. The van der Waals surface area contributed by atoms with Crippen LogP contribution in [0.1, 0.15) is 30.7 Å². The number of aromatic nitrogens is 2. The first-order valence-electron chi connectivity index (χ1n) is 6.22. The number of nitrogens with one attached hydrogen (secondary N) is 2. The van der Waals surface area contributed by atoms with Gasteiger partial charge in [-0.05, 0) is 30.0 Å². The number of rotatable bonds is 5. The van der Waals surface area contributed by atoms with Gasteiger partial charge in [0, 0.05) is 6.54 Å². The molecule has 0 saturated heterocycles. The van der Waals surface area contributed by atoms with Gasteiger partial charge in [-0.15, -0.1) is 0 Å². The Labute approximate surface area is 108 Å². The molecule has 0 spiro atoms. The van der Waals surface area contributed by atoms with Gasteiger partial charge in [0.1, 0.15) is 0 Å². The van der Waals surface area contributed by atoms with Crippen LogP contribution in [0.25, 0.3) is 5.57 Å². The second-order valence-corrected chi connectivity index (χ2v) is 4.41. The Hall–Kier alpha value is -2.03. The molecule has 2 aromatic rings. The molecule has 0 aliphatic carbocycles. The smallest absolute Gasteiger partial charge is 0.0833 e. The van der Waals surface area contributed by atoms with Crippen molar-refractivity contribution in [1.82, 2.24) is 10.2 Å². The lowest BCUT2D eigenvalue weighted by molar-refractivity contribution is 1.04. The Balaban J connectivity index is 2.11. The highest BCUT2D eigenvalue weighted by Gasteiger charge is 2.06. The van der Waals surface area contributed by atoms with Crippen molar-refractivity contribution in [2.24, 2.45) is 0 Å². The molecule has 3 nitrogen and oxygen atoms in total. The average molecular weight is 241 g/mol. The fourth-order valence-electron chi connectivity index (χ4n) is 2.01. The molecule has 0 aliphatic rings. The van der Waals surface area contributed by atoms with Gasteiger partial charge in [0.05, 0.1) is 17.6 Å². The summed E-state index contributed by atoms with van der Waals surface area (Å²) in [5, 5.41) is 10.4. The zero-order valence-corrected chi connectivity index (χ0v) is 11.0. The van der Waals surface area contributed by atoms with Crippen LogP contribution in [0.2, 0.25) is 0 Å². The van der Waals surface area contributed by atoms with Crippen molar-refractivity contribution in [2.75, 3.05) is 5.32 Å². The van der Waals surface area contributed by atoms with Gasteiger partial charge >= 0.3 is 0 Å². The minimum atomic E-state index is 0.809. The van der Waals surface area contributed by atoms with E-state index in [2.05, 4.69) is 53.3 Å². The van der Waals surface area contributed by atoms with Crippen LogP contribution in [0.15, 0.2) is 37.0 Å². The number of aryl methyl sites for hydroxylation is 1. The van der Waals surface area contributed by atoms with Crippen LogP contribution in [-0.4, -0.2) is 10.2 Å². The molecular formula is C15H19N3. The molecule has 0 fully saturated rings. The number of aromatic amines is 1. The molecule has 0 saturated carbocycles. The highest BCUT2D eigenvalue weighted by molar-refractivity contribution is 5.70. The first-order chi connectivity index (χ1) is 8.72. The maximum absolute atomic E-state index is 4.05. The molecule has 2 N–H and O–H groups in total. The predicted octanol–water partition coefficient (Wildman–Crippen LogP) is 3.62. The summed E-state index contributed by atoms with van der Waals surface area (Å²) < 4.78 is 0. The Morgan fingerprint density at radius 1 is 1.33 bits per heavy atom. The average Bonchev–Trinajstić information content (AvgIpc) is 2.85. The van der Waals surface area contributed by atoms with Gasteiger partial charge in [-0.1, -0.05) is 37.8 Å². The number of benzene rings is 1. The minimum Gasteiger partial charge on any atom is -0.378 e. The van der Waals surface area contributed by atoms with Crippen molar-refractivity contribution in [2.45, 2.75) is 26.8 Å². The first kappa shape index (κ1) is 12.4. The standard InChI is InChI=1S/C15H19N3/c1-4-12-7-5-6-8-13(12)9-16-14-10-17-18-15(14)11(2)3/h5-8,10,16H,2,4,9H2,1,3H3,(H,17,18). The summed E-state index contributed by atoms with van der Waals surface area (Å²) in [6, 6.07) is 8.49. The van der Waals surface area contributed by atoms with Crippen LogP contribution in [0.5, 0.6) is 0 Å². The number of nitrogens with zero attached hydrogens (tertiary/aromatic N) is 1. The maximum atomic E-state index is 4.05. The Bertz CT molecular complexity index is 540. The molecule has 0 atom stereocenters. The van der Waals surface area contributed by atoms with E-state index in [0.29, 0.717) is 0 Å². The summed E-state index contributed by atoms with van der Waals surface area (Å²) >= 11 is 0. The van der Waals surface area contributed by atoms with Crippen LogP contribution < -0.4 is 5.32 Å². The number of hydrogen-bond donors (Lipinski definition) is 2. The molecule has 0 radical (unpaired) electrons. The summed E-state index contributed by atoms with van der Waals surface area (Å²) in [5.74, 6) is 0. The number of anilines is 1. The van der Waals surface area contributed by atoms with Crippen molar-refractivity contribution in [3.63, 3.8) is 0 Å². The molecule has 2 rings (SSSR count). The predicted molar refractivity (Wildman–Crippen MR) is 76.4 cm³/mol. The van der Waals surface area contributed by atoms with Crippen LogP contribution in [0, 0.1) is 0 Å². The number of allylic oxidation sites excluding steroid dienone is 1. The molecule has 3 heteroatoms. The van der Waals surface area contributed by atoms with E-state index in [-0.39, 0.29) is 0 Å². The van der Waals surface area contributed by atoms with Crippen molar-refractivity contribution in [3.8, 4) is 0 Å². The maximum Gasteiger partial charge on any atom is 0.0833 e. The lowest BCUT2D eigenvalue weighted by Gasteiger charge is -2.10. The van der Waals surface area contributed by atoms with Gasteiger partial charge in [0.2, 0.25) is 0 Å². The van der Waals surface area contributed by atoms with Gasteiger partial charge in [-0.25, -0.2) is 0 Å². The quantitative estimate of drug-likeness (QED) is 0.839. The topological polar surface area (TPSA) is 40.7 Å². The summed E-state index contributed by atoms with van der Waals surface area (Å²) in [5.41, 5.74) is 5.68. The molecule has 0 amide bonds. The summed E-state index contributed by atoms with van der Waals surface area (Å²) in [4.78, 5) is 0. The molecule has 1 aromatic heterocycles. The van der Waals surface area contributed by atoms with E-state index < -0.39 is 0 Å². The molecule has 1 heterocycles. The van der Waals surface area contributed by atoms with Crippen LogP contribution in [0.4, 0.5) is 5.69 Å². The van der Waals surface area contributed by atoms with E-state index in [0.717, 1.165) is 29.9 Å². The van der Waals surface area contributed by atoms with E-state index in [1.807, 2.05) is 6.92 Å². The van der Waals surface area contributed by atoms with Gasteiger partial charge in [0.15, 0.2) is 0 Å². The van der Waals surface area contributed by atoms with Crippen LogP contribution in [0.3, 0.4) is 0 Å². The van der Waals surface area contributed by atoms with Crippen molar-refractivity contribution in [3.05, 3.63) is 53.9 Å². The third kappa shape index (κ3) is 2.62. The lowest BCUT2D eigenvalue weighted by Crippen LogP contribution is -2.03. The Morgan fingerprint density at radius 2 is 2.06 bits per heavy atom. The SMILES string of the molecule is C=C(C)c1[nH]ncc1NCc1ccccc1CC. The molecule has 94 valence electrons. The molecule has 0 unspecified atom stereocenters. The van der Waals surface area contributed by atoms with E-state index in [1.54, 1.807) is 6.20 Å². The highest BCUT2D eigenvalue weighted by atomic mass is 15.1. The molecule has 1 aromatic carbocycles. The van der Waals surface area contributed by atoms with Crippen molar-refractivity contribution in [1.29, 1.82) is 0 Å². The Kier molecular flexibility index (Phi) is 3.82. The second-order valence-electron chi connectivity index (χ2n) is 4.41. The zero-order chi connectivity index (χ0) is 13.0. The Morgan fingerprint density at radius 3 is 2.72 bits per heavy atom. The summed E-state index contributed by atoms with van der Waals surface area (Å²) in [6.45, 7) is 8.89. The van der Waals surface area contributed by atoms with Gasteiger partial charge in [-0.3, -0.25) is 5.10 Å². The molecular weight excluding hydrogens is 222 g/mol. The van der Waals surface area contributed by atoms with Gasteiger partial charge in [-0.2, -0.15) is 5.10 Å².